The van der Waals surface area contributed by atoms with Crippen LogP contribution in [0.25, 0.3) is 10.6 Å². The monoisotopic (exact) mass is 392 g/mol. The Balaban J connectivity index is 0.00000196. The zero-order valence-electron chi connectivity index (χ0n) is 15.3. The minimum Gasteiger partial charge on any atom is -0.317 e. The summed E-state index contributed by atoms with van der Waals surface area (Å²) in [5, 5.41) is 6.83. The first-order chi connectivity index (χ1) is 12.4. The van der Waals surface area contributed by atoms with Gasteiger partial charge in [-0.2, -0.15) is 0 Å². The Hall–Kier alpha value is -0.980. The second-order valence-corrected chi connectivity index (χ2v) is 8.14. The third-order valence-electron chi connectivity index (χ3n) is 5.40. The van der Waals surface area contributed by atoms with Gasteiger partial charge >= 0.3 is 0 Å². The van der Waals surface area contributed by atoms with Crippen molar-refractivity contribution in [2.24, 2.45) is 5.92 Å². The molecule has 0 unspecified atom stereocenters. The molecule has 26 heavy (non-hydrogen) atoms. The number of thiazole rings is 1. The lowest BCUT2D eigenvalue weighted by Crippen LogP contribution is -2.48. The minimum atomic E-state index is 0. The molecule has 0 amide bonds. The summed E-state index contributed by atoms with van der Waals surface area (Å²) in [5.74, 6) is 0.903. The van der Waals surface area contributed by atoms with Crippen LogP contribution in [-0.2, 0) is 6.54 Å². The SMILES string of the molecule is Cl.c1ccc(-c2nc(CN3CCN(CC4CCNCC4)CC3)cs2)cc1. The molecule has 2 aliphatic heterocycles. The lowest BCUT2D eigenvalue weighted by atomic mass is 9.97. The molecule has 0 atom stereocenters. The first kappa shape index (κ1) is 19.8. The Morgan fingerprint density at radius 1 is 1.00 bits per heavy atom. The van der Waals surface area contributed by atoms with Gasteiger partial charge in [-0.05, 0) is 31.8 Å². The molecular formula is C20H29ClN4S. The van der Waals surface area contributed by atoms with Crippen LogP contribution in [0.4, 0.5) is 0 Å². The molecule has 2 aromatic rings. The number of piperidine rings is 1. The highest BCUT2D eigenvalue weighted by molar-refractivity contribution is 7.13. The first-order valence-electron chi connectivity index (χ1n) is 9.52. The van der Waals surface area contributed by atoms with Crippen molar-refractivity contribution in [2.75, 3.05) is 45.8 Å². The highest BCUT2D eigenvalue weighted by Gasteiger charge is 2.21. The van der Waals surface area contributed by atoms with Gasteiger partial charge in [0, 0.05) is 50.2 Å². The van der Waals surface area contributed by atoms with Crippen molar-refractivity contribution in [3.8, 4) is 10.6 Å². The zero-order chi connectivity index (χ0) is 16.9. The van der Waals surface area contributed by atoms with Crippen molar-refractivity contribution in [2.45, 2.75) is 19.4 Å². The van der Waals surface area contributed by atoms with Crippen LogP contribution in [-0.4, -0.2) is 60.6 Å². The molecule has 0 spiro atoms. The van der Waals surface area contributed by atoms with Gasteiger partial charge in [0.1, 0.15) is 5.01 Å². The van der Waals surface area contributed by atoms with Gasteiger partial charge in [0.15, 0.2) is 0 Å². The van der Waals surface area contributed by atoms with Gasteiger partial charge in [-0.3, -0.25) is 4.90 Å². The number of hydrogen-bond acceptors (Lipinski definition) is 5. The first-order valence-corrected chi connectivity index (χ1v) is 10.4. The number of aromatic nitrogens is 1. The molecule has 0 radical (unpaired) electrons. The number of halogens is 1. The van der Waals surface area contributed by atoms with E-state index < -0.39 is 0 Å². The summed E-state index contributed by atoms with van der Waals surface area (Å²) in [6.07, 6.45) is 2.70. The highest BCUT2D eigenvalue weighted by atomic mass is 35.5. The Morgan fingerprint density at radius 2 is 1.69 bits per heavy atom. The number of rotatable bonds is 5. The fourth-order valence-corrected chi connectivity index (χ4v) is 4.70. The largest absolute Gasteiger partial charge is 0.317 e. The summed E-state index contributed by atoms with van der Waals surface area (Å²) in [6, 6.07) is 10.5. The van der Waals surface area contributed by atoms with Crippen LogP contribution in [0.5, 0.6) is 0 Å². The average Bonchev–Trinajstić information content (AvgIpc) is 3.14. The number of benzene rings is 1. The van der Waals surface area contributed by atoms with E-state index in [-0.39, 0.29) is 12.4 Å². The van der Waals surface area contributed by atoms with Crippen LogP contribution >= 0.6 is 23.7 Å². The van der Waals surface area contributed by atoms with E-state index in [1.54, 1.807) is 11.3 Å². The maximum absolute atomic E-state index is 4.84. The van der Waals surface area contributed by atoms with Gasteiger partial charge in [0.25, 0.3) is 0 Å². The molecule has 4 nitrogen and oxygen atoms in total. The van der Waals surface area contributed by atoms with E-state index in [1.807, 2.05) is 0 Å². The molecule has 6 heteroatoms. The Bertz CT molecular complexity index is 649. The summed E-state index contributed by atoms with van der Waals surface area (Å²) in [5.41, 5.74) is 2.45. The molecule has 1 N–H and O–H groups in total. The second-order valence-electron chi connectivity index (χ2n) is 7.28. The average molecular weight is 393 g/mol. The van der Waals surface area contributed by atoms with E-state index in [4.69, 9.17) is 4.98 Å². The van der Waals surface area contributed by atoms with Gasteiger partial charge in [0.05, 0.1) is 5.69 Å². The number of nitrogens with one attached hydrogen (secondary N) is 1. The molecule has 2 fully saturated rings. The molecule has 4 rings (SSSR count). The van der Waals surface area contributed by atoms with Gasteiger partial charge in [-0.15, -0.1) is 23.7 Å². The highest BCUT2D eigenvalue weighted by Crippen LogP contribution is 2.24. The van der Waals surface area contributed by atoms with Gasteiger partial charge < -0.3 is 10.2 Å². The van der Waals surface area contributed by atoms with Crippen LogP contribution in [0.2, 0.25) is 0 Å². The number of hydrogen-bond donors (Lipinski definition) is 1. The zero-order valence-corrected chi connectivity index (χ0v) is 16.9. The van der Waals surface area contributed by atoms with Crippen molar-refractivity contribution in [1.29, 1.82) is 0 Å². The van der Waals surface area contributed by atoms with Crippen LogP contribution in [0.15, 0.2) is 35.7 Å². The summed E-state index contributed by atoms with van der Waals surface area (Å²) < 4.78 is 0. The summed E-state index contributed by atoms with van der Waals surface area (Å²) >= 11 is 1.76. The smallest absolute Gasteiger partial charge is 0.123 e. The van der Waals surface area contributed by atoms with Gasteiger partial charge in [0.2, 0.25) is 0 Å². The summed E-state index contributed by atoms with van der Waals surface area (Å²) in [6.45, 7) is 9.46. The van der Waals surface area contributed by atoms with E-state index >= 15 is 0 Å². The molecular weight excluding hydrogens is 364 g/mol. The lowest BCUT2D eigenvalue weighted by Gasteiger charge is -2.37. The molecule has 0 bridgehead atoms. The summed E-state index contributed by atoms with van der Waals surface area (Å²) in [4.78, 5) is 10.1. The van der Waals surface area contributed by atoms with Crippen LogP contribution < -0.4 is 5.32 Å². The third-order valence-corrected chi connectivity index (χ3v) is 6.34. The maximum Gasteiger partial charge on any atom is 0.123 e. The fourth-order valence-electron chi connectivity index (χ4n) is 3.88. The molecule has 0 saturated carbocycles. The lowest BCUT2D eigenvalue weighted by molar-refractivity contribution is 0.106. The third kappa shape index (κ3) is 5.27. The van der Waals surface area contributed by atoms with E-state index in [0.29, 0.717) is 0 Å². The van der Waals surface area contributed by atoms with Crippen LogP contribution in [0.3, 0.4) is 0 Å². The van der Waals surface area contributed by atoms with Gasteiger partial charge in [-0.1, -0.05) is 30.3 Å². The van der Waals surface area contributed by atoms with Crippen molar-refractivity contribution in [1.82, 2.24) is 20.1 Å². The van der Waals surface area contributed by atoms with E-state index in [0.717, 1.165) is 17.5 Å². The standard InChI is InChI=1S/C20H28N4S.ClH/c1-2-4-18(5-3-1)20-22-19(16-25-20)15-24-12-10-23(11-13-24)14-17-6-8-21-9-7-17;/h1-5,16-17,21H,6-15H2;1H. The fraction of sp³-hybridized carbons (Fsp3) is 0.550. The molecule has 1 aromatic heterocycles. The van der Waals surface area contributed by atoms with E-state index in [2.05, 4.69) is 50.8 Å². The van der Waals surface area contributed by atoms with E-state index in [9.17, 15) is 0 Å². The van der Waals surface area contributed by atoms with Crippen molar-refractivity contribution in [3.05, 3.63) is 41.4 Å². The van der Waals surface area contributed by atoms with E-state index in [1.165, 1.54) is 69.9 Å². The number of piperazine rings is 1. The van der Waals surface area contributed by atoms with Crippen molar-refractivity contribution in [3.63, 3.8) is 0 Å². The molecule has 3 heterocycles. The second kappa shape index (κ2) is 9.81. The summed E-state index contributed by atoms with van der Waals surface area (Å²) in [7, 11) is 0. The molecule has 0 aliphatic carbocycles. The normalized spacial score (nSPS) is 20.0. The predicted molar refractivity (Wildman–Crippen MR) is 112 cm³/mol. The topological polar surface area (TPSA) is 31.4 Å². The maximum atomic E-state index is 4.84. The quantitative estimate of drug-likeness (QED) is 0.845. The Kier molecular flexibility index (Phi) is 7.46. The van der Waals surface area contributed by atoms with Crippen LogP contribution in [0.1, 0.15) is 18.5 Å². The Morgan fingerprint density at radius 3 is 2.42 bits per heavy atom. The van der Waals surface area contributed by atoms with Crippen molar-refractivity contribution >= 4 is 23.7 Å². The minimum absolute atomic E-state index is 0. The molecule has 1 aromatic carbocycles. The molecule has 142 valence electrons. The van der Waals surface area contributed by atoms with Crippen molar-refractivity contribution < 1.29 is 0 Å². The Labute approximate surface area is 167 Å². The predicted octanol–water partition coefficient (Wildman–Crippen LogP) is 3.35. The van der Waals surface area contributed by atoms with Gasteiger partial charge in [-0.25, -0.2) is 4.98 Å². The number of nitrogens with zero attached hydrogens (tertiary/aromatic N) is 3. The molecule has 2 aliphatic rings. The molecule has 2 saturated heterocycles. The van der Waals surface area contributed by atoms with Crippen LogP contribution in [0, 0.1) is 5.92 Å².